The third-order valence-electron chi connectivity index (χ3n) is 3.26. The van der Waals surface area contributed by atoms with E-state index in [1.165, 1.54) is 12.3 Å². The average Bonchev–Trinajstić information content (AvgIpc) is 2.82. The Bertz CT molecular complexity index is 612. The molecule has 0 spiro atoms. The van der Waals surface area contributed by atoms with Gasteiger partial charge in [0.25, 0.3) is 0 Å². The highest BCUT2D eigenvalue weighted by molar-refractivity contribution is 6.01. The van der Waals surface area contributed by atoms with E-state index in [9.17, 15) is 9.18 Å². The zero-order valence-electron chi connectivity index (χ0n) is 9.64. The maximum atomic E-state index is 13.1. The van der Waals surface area contributed by atoms with Gasteiger partial charge in [-0.2, -0.15) is 0 Å². The van der Waals surface area contributed by atoms with Crippen LogP contribution >= 0.6 is 0 Å². The number of aryl methyl sites for hydroxylation is 1. The molecule has 0 amide bonds. The van der Waals surface area contributed by atoms with Gasteiger partial charge in [0.15, 0.2) is 5.78 Å². The normalized spacial score (nSPS) is 17.5. The number of carbonyl (C=O) groups is 1. The molecule has 0 fully saturated rings. The second-order valence-electron chi connectivity index (χ2n) is 4.40. The van der Waals surface area contributed by atoms with E-state index in [1.54, 1.807) is 6.20 Å². The van der Waals surface area contributed by atoms with Crippen molar-refractivity contribution in [3.63, 3.8) is 0 Å². The van der Waals surface area contributed by atoms with Crippen LogP contribution in [0.4, 0.5) is 4.39 Å². The summed E-state index contributed by atoms with van der Waals surface area (Å²) in [5.41, 5.74) is 2.26. The number of rotatable bonds is 2. The molecule has 0 aromatic carbocycles. The van der Waals surface area contributed by atoms with Crippen LogP contribution in [0.1, 0.15) is 34.0 Å². The standard InChI is InChI=1S/C14H11FN2O/c15-11-6-10(7-16-8-11)14(18)12-4-3-9-2-1-5-17-13(9)12/h1-2,5-8,12H,3-4H2. The van der Waals surface area contributed by atoms with Crippen molar-refractivity contribution in [2.45, 2.75) is 18.8 Å². The Labute approximate surface area is 104 Å². The van der Waals surface area contributed by atoms with Gasteiger partial charge in [0.2, 0.25) is 0 Å². The van der Waals surface area contributed by atoms with Crippen molar-refractivity contribution < 1.29 is 9.18 Å². The summed E-state index contributed by atoms with van der Waals surface area (Å²) >= 11 is 0. The van der Waals surface area contributed by atoms with Crippen LogP contribution in [0, 0.1) is 5.82 Å². The first-order valence-electron chi connectivity index (χ1n) is 5.84. The third kappa shape index (κ3) is 1.79. The van der Waals surface area contributed by atoms with Crippen LogP contribution in [0.25, 0.3) is 0 Å². The fraction of sp³-hybridized carbons (Fsp3) is 0.214. The molecule has 1 unspecified atom stereocenters. The van der Waals surface area contributed by atoms with Crippen molar-refractivity contribution in [1.82, 2.24) is 9.97 Å². The molecule has 0 saturated heterocycles. The number of carbonyl (C=O) groups excluding carboxylic acids is 1. The molecule has 2 heterocycles. The van der Waals surface area contributed by atoms with E-state index in [0.29, 0.717) is 5.56 Å². The second kappa shape index (κ2) is 4.29. The van der Waals surface area contributed by atoms with Crippen LogP contribution in [0.15, 0.2) is 36.8 Å². The molecule has 0 saturated carbocycles. The monoisotopic (exact) mass is 242 g/mol. The Morgan fingerprint density at radius 3 is 3.11 bits per heavy atom. The molecular formula is C14H11FN2O. The van der Waals surface area contributed by atoms with Crippen molar-refractivity contribution in [2.75, 3.05) is 0 Å². The van der Waals surface area contributed by atoms with Crippen LogP contribution < -0.4 is 0 Å². The molecule has 0 N–H and O–H groups in total. The lowest BCUT2D eigenvalue weighted by Gasteiger charge is -2.09. The molecule has 0 aliphatic heterocycles. The van der Waals surface area contributed by atoms with Gasteiger partial charge in [-0.25, -0.2) is 4.39 Å². The Hall–Kier alpha value is -2.10. The van der Waals surface area contributed by atoms with Gasteiger partial charge < -0.3 is 0 Å². The summed E-state index contributed by atoms with van der Waals surface area (Å²) in [5, 5.41) is 0. The van der Waals surface area contributed by atoms with E-state index >= 15 is 0 Å². The lowest BCUT2D eigenvalue weighted by atomic mass is 9.96. The minimum atomic E-state index is -0.486. The van der Waals surface area contributed by atoms with E-state index in [-0.39, 0.29) is 11.7 Å². The third-order valence-corrected chi connectivity index (χ3v) is 3.26. The molecule has 3 rings (SSSR count). The maximum Gasteiger partial charge on any atom is 0.173 e. The maximum absolute atomic E-state index is 13.1. The first kappa shape index (κ1) is 11.0. The van der Waals surface area contributed by atoms with Crippen LogP contribution in [-0.2, 0) is 6.42 Å². The second-order valence-corrected chi connectivity index (χ2v) is 4.40. The highest BCUT2D eigenvalue weighted by Crippen LogP contribution is 2.33. The topological polar surface area (TPSA) is 42.9 Å². The van der Waals surface area contributed by atoms with Gasteiger partial charge in [0, 0.05) is 18.0 Å². The Balaban J connectivity index is 1.96. The zero-order valence-corrected chi connectivity index (χ0v) is 9.64. The number of nitrogens with zero attached hydrogens (tertiary/aromatic N) is 2. The number of ketones is 1. The SMILES string of the molecule is O=C(c1cncc(F)c1)C1CCc2cccnc21. The van der Waals surface area contributed by atoms with Crippen molar-refractivity contribution in [3.8, 4) is 0 Å². The van der Waals surface area contributed by atoms with E-state index < -0.39 is 5.82 Å². The number of hydrogen-bond acceptors (Lipinski definition) is 3. The Morgan fingerprint density at radius 1 is 1.39 bits per heavy atom. The molecular weight excluding hydrogens is 231 g/mol. The van der Waals surface area contributed by atoms with Gasteiger partial charge >= 0.3 is 0 Å². The lowest BCUT2D eigenvalue weighted by Crippen LogP contribution is -2.12. The molecule has 0 bridgehead atoms. The highest BCUT2D eigenvalue weighted by atomic mass is 19.1. The summed E-state index contributed by atoms with van der Waals surface area (Å²) in [6.07, 6.45) is 5.78. The predicted molar refractivity (Wildman–Crippen MR) is 63.8 cm³/mol. The van der Waals surface area contributed by atoms with Crippen molar-refractivity contribution in [1.29, 1.82) is 0 Å². The van der Waals surface area contributed by atoms with Gasteiger partial charge in [0.1, 0.15) is 5.82 Å². The first-order chi connectivity index (χ1) is 8.75. The zero-order chi connectivity index (χ0) is 12.5. The summed E-state index contributed by atoms with van der Waals surface area (Å²) in [7, 11) is 0. The van der Waals surface area contributed by atoms with Gasteiger partial charge in [-0.05, 0) is 30.5 Å². The number of hydrogen-bond donors (Lipinski definition) is 0. The lowest BCUT2D eigenvalue weighted by molar-refractivity contribution is 0.0957. The van der Waals surface area contributed by atoms with E-state index in [0.717, 1.165) is 30.3 Å². The molecule has 90 valence electrons. The average molecular weight is 242 g/mol. The van der Waals surface area contributed by atoms with Crippen molar-refractivity contribution >= 4 is 5.78 Å². The van der Waals surface area contributed by atoms with Gasteiger partial charge in [-0.1, -0.05) is 6.07 Å². The number of Topliss-reactive ketones (excluding diaryl/α,β-unsaturated/α-hetero) is 1. The number of pyridine rings is 2. The molecule has 18 heavy (non-hydrogen) atoms. The first-order valence-corrected chi connectivity index (χ1v) is 5.84. The van der Waals surface area contributed by atoms with Crippen LogP contribution in [0.2, 0.25) is 0 Å². The molecule has 2 aromatic heterocycles. The number of halogens is 1. The van der Waals surface area contributed by atoms with Crippen LogP contribution in [0.3, 0.4) is 0 Å². The minimum Gasteiger partial charge on any atom is -0.293 e. The van der Waals surface area contributed by atoms with Crippen molar-refractivity contribution in [3.05, 3.63) is 59.4 Å². The molecule has 0 radical (unpaired) electrons. The molecule has 4 heteroatoms. The van der Waals surface area contributed by atoms with Gasteiger partial charge in [-0.15, -0.1) is 0 Å². The van der Waals surface area contributed by atoms with E-state index in [2.05, 4.69) is 9.97 Å². The van der Waals surface area contributed by atoms with E-state index in [4.69, 9.17) is 0 Å². The predicted octanol–water partition coefficient (Wildman–Crippen LogP) is 2.53. The summed E-state index contributed by atoms with van der Waals surface area (Å²) < 4.78 is 13.1. The molecule has 1 aliphatic carbocycles. The quantitative estimate of drug-likeness (QED) is 0.760. The number of aromatic nitrogens is 2. The Morgan fingerprint density at radius 2 is 2.28 bits per heavy atom. The summed E-state index contributed by atoms with van der Waals surface area (Å²) in [5.74, 6) is -0.843. The molecule has 1 aliphatic rings. The fourth-order valence-electron chi connectivity index (χ4n) is 2.42. The van der Waals surface area contributed by atoms with Gasteiger partial charge in [-0.3, -0.25) is 14.8 Å². The summed E-state index contributed by atoms with van der Waals surface area (Å²) in [6, 6.07) is 5.09. The fourth-order valence-corrected chi connectivity index (χ4v) is 2.42. The number of fused-ring (bicyclic) bond motifs is 1. The Kier molecular flexibility index (Phi) is 2.63. The molecule has 1 atom stereocenters. The van der Waals surface area contributed by atoms with Crippen LogP contribution in [0.5, 0.6) is 0 Å². The largest absolute Gasteiger partial charge is 0.293 e. The van der Waals surface area contributed by atoms with E-state index in [1.807, 2.05) is 12.1 Å². The highest BCUT2D eigenvalue weighted by Gasteiger charge is 2.30. The molecule has 2 aromatic rings. The van der Waals surface area contributed by atoms with Crippen molar-refractivity contribution in [2.24, 2.45) is 0 Å². The minimum absolute atomic E-state index is 0.0977. The summed E-state index contributed by atoms with van der Waals surface area (Å²) in [4.78, 5) is 20.3. The molecule has 3 nitrogen and oxygen atoms in total. The van der Waals surface area contributed by atoms with Gasteiger partial charge in [0.05, 0.1) is 17.8 Å². The van der Waals surface area contributed by atoms with Crippen LogP contribution in [-0.4, -0.2) is 15.8 Å². The summed E-state index contributed by atoms with van der Waals surface area (Å²) in [6.45, 7) is 0. The smallest absolute Gasteiger partial charge is 0.173 e.